The van der Waals surface area contributed by atoms with Gasteiger partial charge in [-0.15, -0.1) is 12.4 Å². The van der Waals surface area contributed by atoms with Gasteiger partial charge in [-0.25, -0.2) is 0 Å². The number of halogens is 2. The van der Waals surface area contributed by atoms with Crippen LogP contribution < -0.4 is 0 Å². The monoisotopic (exact) mass is 266 g/mol. The molecule has 0 aromatic carbocycles. The summed E-state index contributed by atoms with van der Waals surface area (Å²) in [6.07, 6.45) is 0. The second-order valence-electron chi connectivity index (χ2n) is 0. The van der Waals surface area contributed by atoms with E-state index in [1.165, 1.54) is 0 Å². The molecule has 0 saturated carbocycles. The van der Waals surface area contributed by atoms with E-state index in [0.29, 0.717) is 0 Å². The van der Waals surface area contributed by atoms with Crippen LogP contribution in [0.5, 0.6) is 0 Å². The molecule has 0 atom stereocenters. The van der Waals surface area contributed by atoms with Crippen LogP contribution in [0.2, 0.25) is 0 Å². The number of hydrogen-bond donors (Lipinski definition) is 0. The molecule has 0 unspecified atom stereocenters. The molecule has 0 rings (SSSR count). The zero-order valence-electron chi connectivity index (χ0n) is 2.49. The van der Waals surface area contributed by atoms with E-state index in [1.54, 1.807) is 0 Å². The van der Waals surface area contributed by atoms with Gasteiger partial charge in [0, 0.05) is 19.5 Å². The third-order valence-corrected chi connectivity index (χ3v) is 0. The van der Waals surface area contributed by atoms with E-state index in [2.05, 4.69) is 11.3 Å². The molecule has 4 heavy (non-hydrogen) atoms. The molecular weight excluding hydrogens is 267 g/mol. The maximum absolute atomic E-state index is 2.34. The second kappa shape index (κ2) is 16.3. The smallest absolute Gasteiger partial charge is 0 e. The summed E-state index contributed by atoms with van der Waals surface area (Å²) in [6.45, 7) is 0. The summed E-state index contributed by atoms with van der Waals surface area (Å²) in [5, 5.41) is 0. The summed E-state index contributed by atoms with van der Waals surface area (Å²) in [4.78, 5) is 0. The topological polar surface area (TPSA) is 0 Å². The van der Waals surface area contributed by atoms with Crippen LogP contribution in [0.3, 0.4) is 0 Å². The summed E-state index contributed by atoms with van der Waals surface area (Å²) >= 11 is 3.37. The molecule has 0 bridgehead atoms. The summed E-state index contributed by atoms with van der Waals surface area (Å²) in [6, 6.07) is 0. The Morgan fingerprint density at radius 2 is 1.25 bits per heavy atom. The van der Waals surface area contributed by atoms with Gasteiger partial charge in [-0.3, -0.25) is 0 Å². The molecule has 0 aromatic rings. The van der Waals surface area contributed by atoms with E-state index < -0.39 is 0 Å². The van der Waals surface area contributed by atoms with E-state index >= 15 is 0 Å². The van der Waals surface area contributed by atoms with Crippen molar-refractivity contribution in [2.45, 2.75) is 0 Å². The van der Waals surface area contributed by atoms with E-state index in [4.69, 9.17) is 0 Å². The number of rotatable bonds is 0. The Labute approximate surface area is 83.1 Å². The van der Waals surface area contributed by atoms with E-state index in [9.17, 15) is 0 Å². The van der Waals surface area contributed by atoms with Crippen molar-refractivity contribution in [2.75, 3.05) is 0 Å². The fraction of sp³-hybridized carbons (Fsp3) is 0. The van der Waals surface area contributed by atoms with Crippen LogP contribution in [0.25, 0.3) is 0 Å². The van der Waals surface area contributed by atoms with Gasteiger partial charge in [0.15, 0.2) is 0 Å². The molecule has 18 valence electrons. The van der Waals surface area contributed by atoms with E-state index in [1.807, 2.05) is 0 Å². The van der Waals surface area contributed by atoms with Crippen LogP contribution in [-0.2, 0) is 19.5 Å². The van der Waals surface area contributed by atoms with Crippen molar-refractivity contribution in [2.24, 2.45) is 0 Å². The fourth-order valence-corrected chi connectivity index (χ4v) is 0. The Balaban J connectivity index is -0.00000000500. The quantitative estimate of drug-likeness (QED) is 0.452. The minimum absolute atomic E-state index is 0. The van der Waals surface area contributed by atoms with Crippen molar-refractivity contribution in [3.63, 3.8) is 0 Å². The molecule has 0 amide bonds. The summed E-state index contributed by atoms with van der Waals surface area (Å²) in [5.74, 6) is 0. The molecule has 0 heterocycles. The van der Waals surface area contributed by atoms with Gasteiger partial charge in [-0.05, 0) is 0 Å². The molecule has 0 nitrogen and oxygen atoms in total. The maximum Gasteiger partial charge on any atom is 0 e. The zero-order valence-corrected chi connectivity index (χ0v) is 11.6. The Bertz CT molecular complexity index is 8.00. The molecule has 0 radical (unpaired) electrons. The predicted octanol–water partition coefficient (Wildman–Crippen LogP) is 0.924. The largest absolute Gasteiger partial charge is 0 e. The Hall–Kier alpha value is 3.28. The van der Waals surface area contributed by atoms with Crippen molar-refractivity contribution in [3.8, 4) is 0 Å². The van der Waals surface area contributed by atoms with E-state index in [0.717, 1.165) is 42.7 Å². The van der Waals surface area contributed by atoms with Crippen LogP contribution in [0.15, 0.2) is 0 Å². The molecule has 0 N–H and O–H groups in total. The molecule has 0 aliphatic heterocycles. The first kappa shape index (κ1) is 15.7. The van der Waals surface area contributed by atoms with Crippen molar-refractivity contribution < 1.29 is 19.5 Å². The summed E-state index contributed by atoms with van der Waals surface area (Å²) in [5.41, 5.74) is 0. The molecule has 0 aromatic heterocycles. The van der Waals surface area contributed by atoms with Crippen LogP contribution in [0.1, 0.15) is 0 Å². The van der Waals surface area contributed by atoms with Crippen molar-refractivity contribution >= 4 is 66.4 Å². The molecule has 0 aliphatic rings. The van der Waals surface area contributed by atoms with Gasteiger partial charge in [0.25, 0.3) is 0 Å². The SMILES string of the molecule is Cl.[K][I].[Zn]. The Kier molecular flexibility index (Phi) is 63.8. The average Bonchev–Trinajstić information content (AvgIpc) is 1.00. The van der Waals surface area contributed by atoms with Crippen molar-refractivity contribution in [3.05, 3.63) is 0 Å². The third kappa shape index (κ3) is 8.99. The van der Waals surface area contributed by atoms with Crippen LogP contribution in [0, 0.1) is 0 Å². The fourth-order valence-electron chi connectivity index (χ4n) is 0. The molecule has 4 heteroatoms. The second-order valence-corrected chi connectivity index (χ2v) is 0. The van der Waals surface area contributed by atoms with Gasteiger partial charge in [-0.2, -0.15) is 0 Å². The summed E-state index contributed by atoms with van der Waals surface area (Å²) < 4.78 is 0. The Morgan fingerprint density at radius 1 is 1.25 bits per heavy atom. The molecular formula is HClIKZn. The van der Waals surface area contributed by atoms with Gasteiger partial charge in [-0.1, -0.05) is 0 Å². The van der Waals surface area contributed by atoms with Gasteiger partial charge >= 0.3 is 54.0 Å². The van der Waals surface area contributed by atoms with Gasteiger partial charge in [0.1, 0.15) is 0 Å². The summed E-state index contributed by atoms with van der Waals surface area (Å²) in [7, 11) is 0. The van der Waals surface area contributed by atoms with Crippen LogP contribution in [-0.4, -0.2) is 42.7 Å². The van der Waals surface area contributed by atoms with Gasteiger partial charge in [0.05, 0.1) is 0 Å². The van der Waals surface area contributed by atoms with E-state index in [-0.39, 0.29) is 31.9 Å². The molecule has 0 spiro atoms. The van der Waals surface area contributed by atoms with Crippen LogP contribution in [0.4, 0.5) is 0 Å². The van der Waals surface area contributed by atoms with Gasteiger partial charge < -0.3 is 0 Å². The molecule has 0 fully saturated rings. The molecule has 0 saturated heterocycles. The first-order chi connectivity index (χ1) is 1.00. The minimum Gasteiger partial charge on any atom is 0 e. The normalized spacial score (nSPS) is 1.75. The van der Waals surface area contributed by atoms with Crippen molar-refractivity contribution in [1.29, 1.82) is 0 Å². The maximum atomic E-state index is 2.34. The average molecular weight is 268 g/mol. The van der Waals surface area contributed by atoms with Crippen LogP contribution >= 0.6 is 23.7 Å². The van der Waals surface area contributed by atoms with Crippen molar-refractivity contribution in [1.82, 2.24) is 0 Å². The molecule has 0 aliphatic carbocycles. The predicted molar refractivity (Wildman–Crippen MR) is 27.0 cm³/mol. The minimum atomic E-state index is 0. The standard InChI is InChI=1S/ClH.HI.K.Zn/h2*1H;;/q;;+1;/p-1. The first-order valence-corrected chi connectivity index (χ1v) is 10.5. The zero-order chi connectivity index (χ0) is 2.00. The third-order valence-electron chi connectivity index (χ3n) is 0. The number of hydrogen-bond acceptors (Lipinski definition) is 0. The first-order valence-electron chi connectivity index (χ1n) is 0.378. The van der Waals surface area contributed by atoms with Gasteiger partial charge in [0.2, 0.25) is 0 Å². The Morgan fingerprint density at radius 3 is 1.25 bits per heavy atom.